The van der Waals surface area contributed by atoms with Crippen LogP contribution in [0.25, 0.3) is 5.82 Å². The van der Waals surface area contributed by atoms with Gasteiger partial charge in [-0.25, -0.2) is 22.5 Å². The number of hydrogen-bond acceptors (Lipinski definition) is 5. The lowest BCUT2D eigenvalue weighted by atomic mass is 10.4. The van der Waals surface area contributed by atoms with Crippen LogP contribution >= 0.6 is 0 Å². The number of rotatable bonds is 4. The van der Waals surface area contributed by atoms with E-state index in [1.807, 2.05) is 0 Å². The van der Waals surface area contributed by atoms with Crippen LogP contribution in [0, 0.1) is 5.82 Å². The van der Waals surface area contributed by atoms with E-state index in [4.69, 9.17) is 0 Å². The van der Waals surface area contributed by atoms with Gasteiger partial charge in [0.05, 0.1) is 18.1 Å². The number of hydrogen-bond donors (Lipinski definition) is 1. The first-order valence-corrected chi connectivity index (χ1v) is 7.54. The molecular weight excluding hydrogens is 287 g/mol. The van der Waals surface area contributed by atoms with Crippen LogP contribution in [0.3, 0.4) is 0 Å². The van der Waals surface area contributed by atoms with Crippen LogP contribution in [0.5, 0.6) is 0 Å². The van der Waals surface area contributed by atoms with Crippen molar-refractivity contribution in [3.05, 3.63) is 36.5 Å². The SMILES string of the molecule is CS(=O)(=O)CC(=O)Nc1cnn(-c2ncccc2F)c1. The van der Waals surface area contributed by atoms with E-state index < -0.39 is 27.3 Å². The van der Waals surface area contributed by atoms with Gasteiger partial charge in [-0.2, -0.15) is 5.10 Å². The van der Waals surface area contributed by atoms with Crippen LogP contribution < -0.4 is 5.32 Å². The Balaban J connectivity index is 2.14. The molecule has 2 rings (SSSR count). The van der Waals surface area contributed by atoms with E-state index in [1.165, 1.54) is 30.7 Å². The Labute approximate surface area is 114 Å². The van der Waals surface area contributed by atoms with Crippen LogP contribution in [0.15, 0.2) is 30.7 Å². The highest BCUT2D eigenvalue weighted by Gasteiger charge is 2.13. The van der Waals surface area contributed by atoms with Gasteiger partial charge in [-0.05, 0) is 12.1 Å². The molecular formula is C11H11FN4O3S. The fraction of sp³-hybridized carbons (Fsp3) is 0.182. The molecule has 0 saturated heterocycles. The van der Waals surface area contributed by atoms with Gasteiger partial charge in [0.15, 0.2) is 21.5 Å². The maximum absolute atomic E-state index is 13.5. The predicted molar refractivity (Wildman–Crippen MR) is 69.7 cm³/mol. The number of halogens is 1. The van der Waals surface area contributed by atoms with Crippen LogP contribution in [-0.2, 0) is 14.6 Å². The average molecular weight is 298 g/mol. The second-order valence-corrected chi connectivity index (χ2v) is 6.24. The van der Waals surface area contributed by atoms with E-state index in [-0.39, 0.29) is 11.5 Å². The van der Waals surface area contributed by atoms with Crippen molar-refractivity contribution in [3.63, 3.8) is 0 Å². The Bertz CT molecular complexity index is 742. The number of anilines is 1. The molecule has 0 radical (unpaired) electrons. The average Bonchev–Trinajstić information content (AvgIpc) is 2.75. The van der Waals surface area contributed by atoms with Gasteiger partial charge in [0.1, 0.15) is 5.75 Å². The largest absolute Gasteiger partial charge is 0.323 e. The molecule has 1 N–H and O–H groups in total. The van der Waals surface area contributed by atoms with Crippen molar-refractivity contribution in [1.82, 2.24) is 14.8 Å². The second-order valence-electron chi connectivity index (χ2n) is 4.10. The first kappa shape index (κ1) is 14.1. The molecule has 0 atom stereocenters. The Hall–Kier alpha value is -2.29. The lowest BCUT2D eigenvalue weighted by molar-refractivity contribution is -0.113. The lowest BCUT2D eigenvalue weighted by Gasteiger charge is -2.01. The highest BCUT2D eigenvalue weighted by molar-refractivity contribution is 7.91. The molecule has 0 aromatic carbocycles. The summed E-state index contributed by atoms with van der Waals surface area (Å²) in [4.78, 5) is 15.2. The molecule has 0 unspecified atom stereocenters. The van der Waals surface area contributed by atoms with Gasteiger partial charge in [0.25, 0.3) is 0 Å². The molecule has 9 heteroatoms. The number of aromatic nitrogens is 3. The molecule has 1 amide bonds. The Kier molecular flexibility index (Phi) is 3.79. The van der Waals surface area contributed by atoms with Gasteiger partial charge in [-0.1, -0.05) is 0 Å². The first-order valence-electron chi connectivity index (χ1n) is 5.48. The number of carbonyl (C=O) groups is 1. The van der Waals surface area contributed by atoms with Gasteiger partial charge in [-0.3, -0.25) is 4.79 Å². The van der Waals surface area contributed by atoms with Gasteiger partial charge in [-0.15, -0.1) is 0 Å². The third kappa shape index (κ3) is 3.60. The summed E-state index contributed by atoms with van der Waals surface area (Å²) in [5, 5.41) is 6.20. The van der Waals surface area contributed by atoms with E-state index in [0.29, 0.717) is 0 Å². The summed E-state index contributed by atoms with van der Waals surface area (Å²) in [6.45, 7) is 0. The van der Waals surface area contributed by atoms with E-state index >= 15 is 0 Å². The zero-order chi connectivity index (χ0) is 14.8. The standard InChI is InChI=1S/C11H11FN4O3S/c1-20(18,19)7-10(17)15-8-5-14-16(6-8)11-9(12)3-2-4-13-11/h2-6H,7H2,1H3,(H,15,17). The molecule has 0 fully saturated rings. The van der Waals surface area contributed by atoms with Crippen molar-refractivity contribution in [2.45, 2.75) is 0 Å². The second kappa shape index (κ2) is 5.37. The van der Waals surface area contributed by atoms with Gasteiger partial charge < -0.3 is 5.32 Å². The zero-order valence-corrected chi connectivity index (χ0v) is 11.3. The zero-order valence-electron chi connectivity index (χ0n) is 10.4. The third-order valence-corrected chi connectivity index (χ3v) is 3.00. The normalized spacial score (nSPS) is 11.3. The molecule has 2 aromatic rings. The molecule has 0 spiro atoms. The monoisotopic (exact) mass is 298 g/mol. The molecule has 2 heterocycles. The number of amides is 1. The highest BCUT2D eigenvalue weighted by Crippen LogP contribution is 2.12. The van der Waals surface area contributed by atoms with E-state index in [2.05, 4.69) is 15.4 Å². The fourth-order valence-corrected chi connectivity index (χ4v) is 2.03. The third-order valence-electron chi connectivity index (χ3n) is 2.22. The van der Waals surface area contributed by atoms with Gasteiger partial charge in [0, 0.05) is 12.5 Å². The van der Waals surface area contributed by atoms with Crippen molar-refractivity contribution in [3.8, 4) is 5.82 Å². The molecule has 7 nitrogen and oxygen atoms in total. The number of sulfone groups is 1. The molecule has 2 aromatic heterocycles. The quantitative estimate of drug-likeness (QED) is 0.881. The maximum Gasteiger partial charge on any atom is 0.239 e. The van der Waals surface area contributed by atoms with Crippen LogP contribution in [0.2, 0.25) is 0 Å². The Morgan fingerprint density at radius 3 is 2.90 bits per heavy atom. The number of nitrogens with zero attached hydrogens (tertiary/aromatic N) is 3. The maximum atomic E-state index is 13.5. The summed E-state index contributed by atoms with van der Waals surface area (Å²) >= 11 is 0. The van der Waals surface area contributed by atoms with Crippen molar-refractivity contribution in [1.29, 1.82) is 0 Å². The van der Waals surface area contributed by atoms with Crippen molar-refractivity contribution < 1.29 is 17.6 Å². The summed E-state index contributed by atoms with van der Waals surface area (Å²) in [6, 6.07) is 2.67. The Morgan fingerprint density at radius 1 is 1.50 bits per heavy atom. The lowest BCUT2D eigenvalue weighted by Crippen LogP contribution is -2.21. The minimum absolute atomic E-state index is 0.0175. The van der Waals surface area contributed by atoms with Crippen LogP contribution in [0.1, 0.15) is 0 Å². The van der Waals surface area contributed by atoms with Crippen molar-refractivity contribution in [2.75, 3.05) is 17.3 Å². The topological polar surface area (TPSA) is 94.0 Å². The highest BCUT2D eigenvalue weighted by atomic mass is 32.2. The summed E-state index contributed by atoms with van der Waals surface area (Å²) in [5.74, 6) is -1.90. The minimum atomic E-state index is -3.41. The molecule has 0 aliphatic carbocycles. The molecule has 0 aliphatic rings. The molecule has 0 aliphatic heterocycles. The van der Waals surface area contributed by atoms with Crippen molar-refractivity contribution >= 4 is 21.4 Å². The van der Waals surface area contributed by atoms with Gasteiger partial charge >= 0.3 is 0 Å². The van der Waals surface area contributed by atoms with E-state index in [9.17, 15) is 17.6 Å². The molecule has 0 bridgehead atoms. The molecule has 0 saturated carbocycles. The van der Waals surface area contributed by atoms with Crippen LogP contribution in [-0.4, -0.2) is 41.1 Å². The predicted octanol–water partition coefficient (Wildman–Crippen LogP) is 0.389. The van der Waals surface area contributed by atoms with E-state index in [1.54, 1.807) is 0 Å². The number of nitrogens with one attached hydrogen (secondary N) is 1. The minimum Gasteiger partial charge on any atom is -0.323 e. The summed E-state index contributed by atoms with van der Waals surface area (Å²) in [7, 11) is -3.41. The first-order chi connectivity index (χ1) is 9.35. The smallest absolute Gasteiger partial charge is 0.239 e. The molecule has 106 valence electrons. The number of pyridine rings is 1. The molecule has 20 heavy (non-hydrogen) atoms. The number of carbonyl (C=O) groups excluding carboxylic acids is 1. The van der Waals surface area contributed by atoms with Crippen LogP contribution in [0.4, 0.5) is 10.1 Å². The Morgan fingerprint density at radius 2 is 2.25 bits per heavy atom. The van der Waals surface area contributed by atoms with Crippen molar-refractivity contribution in [2.24, 2.45) is 0 Å². The van der Waals surface area contributed by atoms with E-state index in [0.717, 1.165) is 10.9 Å². The summed E-state index contributed by atoms with van der Waals surface area (Å²) in [5.41, 5.74) is 0.253. The van der Waals surface area contributed by atoms with Gasteiger partial charge in [0.2, 0.25) is 5.91 Å². The summed E-state index contributed by atoms with van der Waals surface area (Å²) in [6.07, 6.45) is 4.97. The summed E-state index contributed by atoms with van der Waals surface area (Å²) < 4.78 is 36.5. The fourth-order valence-electron chi connectivity index (χ4n) is 1.48.